The quantitative estimate of drug-likeness (QED) is 0.889. The summed E-state index contributed by atoms with van der Waals surface area (Å²) >= 11 is 0. The van der Waals surface area contributed by atoms with Gasteiger partial charge >= 0.3 is 0 Å². The highest BCUT2D eigenvalue weighted by molar-refractivity contribution is 5.94. The smallest absolute Gasteiger partial charge is 0.240 e. The van der Waals surface area contributed by atoms with Crippen molar-refractivity contribution in [1.82, 2.24) is 4.90 Å². The topological polar surface area (TPSA) is 49.6 Å². The number of likely N-dealkylation sites (N-methyl/N-ethyl adjacent to an activating group) is 1. The minimum absolute atomic E-state index is 0.136. The molecule has 1 aromatic carbocycles. The predicted molar refractivity (Wildman–Crippen MR) is 78.0 cm³/mol. The van der Waals surface area contributed by atoms with E-state index in [1.165, 1.54) is 0 Å². The molecule has 1 heterocycles. The van der Waals surface area contributed by atoms with Gasteiger partial charge in [-0.05, 0) is 37.9 Å². The highest BCUT2D eigenvalue weighted by Crippen LogP contribution is 2.19. The molecule has 4 nitrogen and oxygen atoms in total. The SMILES string of the molecule is CC(N)C1CCN(CC(=O)N(C)c2ccccc2)C1. The standard InChI is InChI=1S/C15H23N3O/c1-12(16)13-8-9-18(10-13)11-15(19)17(2)14-6-4-3-5-7-14/h3-7,12-13H,8-11,16H2,1-2H3. The molecule has 104 valence electrons. The minimum Gasteiger partial charge on any atom is -0.328 e. The van der Waals surface area contributed by atoms with Crippen molar-refractivity contribution >= 4 is 11.6 Å². The van der Waals surface area contributed by atoms with Gasteiger partial charge in [-0.2, -0.15) is 0 Å². The summed E-state index contributed by atoms with van der Waals surface area (Å²) in [6.45, 7) is 4.44. The van der Waals surface area contributed by atoms with E-state index < -0.39 is 0 Å². The largest absolute Gasteiger partial charge is 0.328 e. The van der Waals surface area contributed by atoms with Crippen LogP contribution in [0.15, 0.2) is 30.3 Å². The second-order valence-corrected chi connectivity index (χ2v) is 5.43. The van der Waals surface area contributed by atoms with Gasteiger partial charge < -0.3 is 10.6 Å². The number of para-hydroxylation sites is 1. The zero-order valence-electron chi connectivity index (χ0n) is 11.7. The van der Waals surface area contributed by atoms with E-state index in [4.69, 9.17) is 5.73 Å². The van der Waals surface area contributed by atoms with Crippen molar-refractivity contribution in [1.29, 1.82) is 0 Å². The third-order valence-corrected chi connectivity index (χ3v) is 3.93. The number of rotatable bonds is 4. The third kappa shape index (κ3) is 3.55. The van der Waals surface area contributed by atoms with Gasteiger partial charge in [-0.25, -0.2) is 0 Å². The highest BCUT2D eigenvalue weighted by atomic mass is 16.2. The van der Waals surface area contributed by atoms with Crippen LogP contribution < -0.4 is 10.6 Å². The van der Waals surface area contributed by atoms with Gasteiger partial charge in [-0.15, -0.1) is 0 Å². The van der Waals surface area contributed by atoms with Crippen molar-refractivity contribution in [2.24, 2.45) is 11.7 Å². The molecule has 2 unspecified atom stereocenters. The van der Waals surface area contributed by atoms with Crippen LogP contribution in [0.1, 0.15) is 13.3 Å². The lowest BCUT2D eigenvalue weighted by Gasteiger charge is -2.22. The molecular weight excluding hydrogens is 238 g/mol. The van der Waals surface area contributed by atoms with E-state index >= 15 is 0 Å². The van der Waals surface area contributed by atoms with Gasteiger partial charge in [-0.3, -0.25) is 9.69 Å². The molecule has 0 aromatic heterocycles. The summed E-state index contributed by atoms with van der Waals surface area (Å²) in [5, 5.41) is 0. The second kappa shape index (κ2) is 6.17. The van der Waals surface area contributed by atoms with Crippen molar-refractivity contribution in [3.63, 3.8) is 0 Å². The number of likely N-dealkylation sites (tertiary alicyclic amines) is 1. The van der Waals surface area contributed by atoms with Crippen LogP contribution in [0.2, 0.25) is 0 Å². The van der Waals surface area contributed by atoms with Crippen LogP contribution in [0, 0.1) is 5.92 Å². The zero-order chi connectivity index (χ0) is 13.8. The summed E-state index contributed by atoms with van der Waals surface area (Å²) in [4.78, 5) is 16.2. The van der Waals surface area contributed by atoms with E-state index in [1.807, 2.05) is 44.3 Å². The van der Waals surface area contributed by atoms with Gasteiger partial charge in [0.15, 0.2) is 0 Å². The van der Waals surface area contributed by atoms with Gasteiger partial charge in [0.25, 0.3) is 0 Å². The molecule has 2 rings (SSSR count). The normalized spacial score (nSPS) is 21.3. The first-order valence-electron chi connectivity index (χ1n) is 6.87. The number of carbonyl (C=O) groups excluding carboxylic acids is 1. The van der Waals surface area contributed by atoms with Crippen molar-refractivity contribution in [2.45, 2.75) is 19.4 Å². The van der Waals surface area contributed by atoms with Gasteiger partial charge in [0.2, 0.25) is 5.91 Å². The van der Waals surface area contributed by atoms with Crippen LogP contribution in [0.3, 0.4) is 0 Å². The molecule has 0 radical (unpaired) electrons. The first kappa shape index (κ1) is 14.0. The van der Waals surface area contributed by atoms with Crippen LogP contribution in [0.5, 0.6) is 0 Å². The maximum Gasteiger partial charge on any atom is 0.240 e. The van der Waals surface area contributed by atoms with E-state index in [1.54, 1.807) is 4.90 Å². The minimum atomic E-state index is 0.136. The summed E-state index contributed by atoms with van der Waals surface area (Å²) in [6.07, 6.45) is 1.10. The Labute approximate surface area is 115 Å². The summed E-state index contributed by atoms with van der Waals surface area (Å²) < 4.78 is 0. The van der Waals surface area contributed by atoms with E-state index in [0.29, 0.717) is 12.5 Å². The molecule has 0 saturated carbocycles. The van der Waals surface area contributed by atoms with Crippen molar-refractivity contribution in [3.05, 3.63) is 30.3 Å². The lowest BCUT2D eigenvalue weighted by Crippen LogP contribution is -2.38. The van der Waals surface area contributed by atoms with E-state index in [-0.39, 0.29) is 11.9 Å². The molecule has 1 aliphatic heterocycles. The number of nitrogens with zero attached hydrogens (tertiary/aromatic N) is 2. The number of hydrogen-bond acceptors (Lipinski definition) is 3. The number of benzene rings is 1. The molecule has 2 atom stereocenters. The summed E-state index contributed by atoms with van der Waals surface area (Å²) in [7, 11) is 1.83. The first-order valence-corrected chi connectivity index (χ1v) is 6.87. The molecule has 2 N–H and O–H groups in total. The summed E-state index contributed by atoms with van der Waals surface area (Å²) in [6, 6.07) is 9.96. The molecule has 1 aliphatic rings. The lowest BCUT2D eigenvalue weighted by atomic mass is 10.0. The Morgan fingerprint density at radius 1 is 1.47 bits per heavy atom. The van der Waals surface area contributed by atoms with Crippen molar-refractivity contribution < 1.29 is 4.79 Å². The van der Waals surface area contributed by atoms with Gasteiger partial charge in [0.05, 0.1) is 6.54 Å². The molecule has 19 heavy (non-hydrogen) atoms. The second-order valence-electron chi connectivity index (χ2n) is 5.43. The van der Waals surface area contributed by atoms with Crippen LogP contribution in [0.25, 0.3) is 0 Å². The number of anilines is 1. The Bertz CT molecular complexity index is 419. The van der Waals surface area contributed by atoms with Crippen LogP contribution in [0.4, 0.5) is 5.69 Å². The third-order valence-electron chi connectivity index (χ3n) is 3.93. The van der Waals surface area contributed by atoms with Crippen molar-refractivity contribution in [3.8, 4) is 0 Å². The fraction of sp³-hybridized carbons (Fsp3) is 0.533. The molecule has 1 saturated heterocycles. The highest BCUT2D eigenvalue weighted by Gasteiger charge is 2.27. The van der Waals surface area contributed by atoms with Crippen LogP contribution in [-0.4, -0.2) is 43.5 Å². The molecule has 1 aromatic rings. The van der Waals surface area contributed by atoms with E-state index in [9.17, 15) is 4.79 Å². The summed E-state index contributed by atoms with van der Waals surface area (Å²) in [5.74, 6) is 0.659. The number of hydrogen-bond donors (Lipinski definition) is 1. The molecule has 1 fully saturated rings. The average Bonchev–Trinajstić information content (AvgIpc) is 2.87. The molecule has 0 aliphatic carbocycles. The van der Waals surface area contributed by atoms with Gasteiger partial charge in [-0.1, -0.05) is 18.2 Å². The molecule has 4 heteroatoms. The number of amides is 1. The molecule has 0 bridgehead atoms. The molecular formula is C15H23N3O. The fourth-order valence-corrected chi connectivity index (χ4v) is 2.53. The number of nitrogens with two attached hydrogens (primary N) is 1. The lowest BCUT2D eigenvalue weighted by molar-refractivity contribution is -0.119. The van der Waals surface area contributed by atoms with Gasteiger partial charge in [0, 0.05) is 25.3 Å². The Hall–Kier alpha value is -1.39. The van der Waals surface area contributed by atoms with Gasteiger partial charge in [0.1, 0.15) is 0 Å². The van der Waals surface area contributed by atoms with Crippen LogP contribution in [-0.2, 0) is 4.79 Å². The first-order chi connectivity index (χ1) is 9.08. The summed E-state index contributed by atoms with van der Waals surface area (Å²) in [5.41, 5.74) is 6.86. The van der Waals surface area contributed by atoms with E-state index in [0.717, 1.165) is 25.2 Å². The fourth-order valence-electron chi connectivity index (χ4n) is 2.53. The maximum atomic E-state index is 12.2. The maximum absolute atomic E-state index is 12.2. The average molecular weight is 261 g/mol. The molecule has 1 amide bonds. The number of carbonyl (C=O) groups is 1. The monoisotopic (exact) mass is 261 g/mol. The zero-order valence-corrected chi connectivity index (χ0v) is 11.7. The Kier molecular flexibility index (Phi) is 4.56. The Morgan fingerprint density at radius 2 is 2.16 bits per heavy atom. The Morgan fingerprint density at radius 3 is 2.74 bits per heavy atom. The Balaban J connectivity index is 1.88. The predicted octanol–water partition coefficient (Wildman–Crippen LogP) is 1.32. The van der Waals surface area contributed by atoms with Crippen LogP contribution >= 0.6 is 0 Å². The molecule has 0 spiro atoms. The van der Waals surface area contributed by atoms with Crippen molar-refractivity contribution in [2.75, 3.05) is 31.6 Å². The van der Waals surface area contributed by atoms with E-state index in [2.05, 4.69) is 4.90 Å².